The van der Waals surface area contributed by atoms with Gasteiger partial charge >= 0.3 is 0 Å². The molecule has 1 atom stereocenters. The Morgan fingerprint density at radius 2 is 2.11 bits per heavy atom. The van der Waals surface area contributed by atoms with Crippen molar-refractivity contribution in [1.29, 1.82) is 0 Å². The minimum absolute atomic E-state index is 0.0316. The lowest BCUT2D eigenvalue weighted by Crippen LogP contribution is -2.19. The van der Waals surface area contributed by atoms with E-state index in [9.17, 15) is 4.91 Å². The van der Waals surface area contributed by atoms with E-state index in [1.165, 1.54) is 0 Å². The van der Waals surface area contributed by atoms with Gasteiger partial charge < -0.3 is 0 Å². The summed E-state index contributed by atoms with van der Waals surface area (Å²) in [5.74, 6) is 0. The fourth-order valence-electron chi connectivity index (χ4n) is 0.845. The van der Waals surface area contributed by atoms with Crippen molar-refractivity contribution in [2.75, 3.05) is 0 Å². The summed E-state index contributed by atoms with van der Waals surface area (Å²) in [5.41, 5.74) is 0. The molecule has 3 heteroatoms. The summed E-state index contributed by atoms with van der Waals surface area (Å²) in [6.07, 6.45) is 0.875. The maximum absolute atomic E-state index is 10.2. The van der Waals surface area contributed by atoms with Gasteiger partial charge in [0.05, 0.1) is 6.04 Å². The maximum Gasteiger partial charge on any atom is 0.0935 e. The zero-order valence-electron chi connectivity index (χ0n) is 6.64. The normalized spacial score (nSPS) is 15.4. The summed E-state index contributed by atoms with van der Waals surface area (Å²) in [4.78, 5) is 10.2. The third-order valence-electron chi connectivity index (χ3n) is 1.51. The summed E-state index contributed by atoms with van der Waals surface area (Å²) in [5, 5.41) is 3.24. The van der Waals surface area contributed by atoms with Crippen molar-refractivity contribution >= 4 is 10.2 Å². The molecule has 0 saturated heterocycles. The minimum atomic E-state index is 0.0316. The van der Waals surface area contributed by atoms with Crippen LogP contribution in [0.5, 0.6) is 0 Å². The van der Waals surface area contributed by atoms with Gasteiger partial charge in [-0.15, -0.1) is 0 Å². The second-order valence-electron chi connectivity index (χ2n) is 3.40. The first kappa shape index (κ1) is 8.82. The summed E-state index contributed by atoms with van der Waals surface area (Å²) in [7, 11) is 1.04. The third kappa shape index (κ3) is 2.74. The molecule has 0 radical (unpaired) electrons. The van der Waals surface area contributed by atoms with Crippen molar-refractivity contribution in [1.82, 2.24) is 0 Å². The van der Waals surface area contributed by atoms with Gasteiger partial charge in [0.2, 0.25) is 0 Å². The molecule has 0 N–H and O–H groups in total. The molecule has 0 aromatic carbocycles. The molecule has 1 unspecified atom stereocenters. The smallest absolute Gasteiger partial charge is 0.0935 e. The van der Waals surface area contributed by atoms with E-state index in [1.54, 1.807) is 0 Å². The highest BCUT2D eigenvalue weighted by molar-refractivity contribution is 6.15. The van der Waals surface area contributed by atoms with Crippen LogP contribution in [0.2, 0.25) is 5.04 Å². The van der Waals surface area contributed by atoms with Crippen LogP contribution in [-0.2, 0) is 0 Å². The van der Waals surface area contributed by atoms with Crippen molar-refractivity contribution in [2.24, 2.45) is 5.18 Å². The van der Waals surface area contributed by atoms with Crippen molar-refractivity contribution in [3.8, 4) is 0 Å². The van der Waals surface area contributed by atoms with Gasteiger partial charge in [0.1, 0.15) is 0 Å². The van der Waals surface area contributed by atoms with E-state index in [0.29, 0.717) is 0 Å². The van der Waals surface area contributed by atoms with E-state index in [0.717, 1.165) is 16.7 Å². The average Bonchev–Trinajstić information content (AvgIpc) is 1.65. The van der Waals surface area contributed by atoms with Crippen molar-refractivity contribution in [2.45, 2.75) is 38.3 Å². The molecule has 0 aromatic heterocycles. The van der Waals surface area contributed by atoms with E-state index in [2.05, 4.69) is 19.0 Å². The van der Waals surface area contributed by atoms with Crippen LogP contribution in [0.4, 0.5) is 0 Å². The fourth-order valence-corrected chi connectivity index (χ4v) is 1.36. The number of hydrogen-bond acceptors (Lipinski definition) is 2. The number of hydrogen-bond donors (Lipinski definition) is 0. The van der Waals surface area contributed by atoms with E-state index in [4.69, 9.17) is 0 Å². The second-order valence-corrected chi connectivity index (χ2v) is 5.97. The maximum atomic E-state index is 10.2. The largest absolute Gasteiger partial charge is 0.151 e. The van der Waals surface area contributed by atoms with Crippen LogP contribution in [0.15, 0.2) is 5.18 Å². The summed E-state index contributed by atoms with van der Waals surface area (Å²) >= 11 is 0. The third-order valence-corrected chi connectivity index (χ3v) is 2.18. The van der Waals surface area contributed by atoms with Crippen LogP contribution in [0.25, 0.3) is 0 Å². The van der Waals surface area contributed by atoms with Crippen LogP contribution >= 0.6 is 0 Å². The predicted octanol–water partition coefficient (Wildman–Crippen LogP) is 1.10. The van der Waals surface area contributed by atoms with Gasteiger partial charge in [-0.25, -0.2) is 0 Å². The Morgan fingerprint density at radius 3 is 2.11 bits per heavy atom. The first-order valence-corrected chi connectivity index (χ1v) is 4.34. The minimum Gasteiger partial charge on any atom is -0.151 e. The zero-order chi connectivity index (χ0) is 7.49. The Labute approximate surface area is 59.4 Å². The molecule has 0 aliphatic heterocycles. The SMILES string of the molecule is CCC(N=O)C(C)(C)[SiH3]. The van der Waals surface area contributed by atoms with Gasteiger partial charge in [0, 0.05) is 10.2 Å². The van der Waals surface area contributed by atoms with Gasteiger partial charge in [-0.3, -0.25) is 0 Å². The van der Waals surface area contributed by atoms with Crippen molar-refractivity contribution < 1.29 is 0 Å². The highest BCUT2D eigenvalue weighted by Gasteiger charge is 2.22. The van der Waals surface area contributed by atoms with Crippen LogP contribution in [0.3, 0.4) is 0 Å². The molecule has 0 amide bonds. The molecule has 0 heterocycles. The molecule has 9 heavy (non-hydrogen) atoms. The summed E-state index contributed by atoms with van der Waals surface area (Å²) in [6, 6.07) is 0.0316. The fraction of sp³-hybridized carbons (Fsp3) is 1.00. The van der Waals surface area contributed by atoms with Crippen LogP contribution in [-0.4, -0.2) is 16.3 Å². The average molecular weight is 145 g/mol. The monoisotopic (exact) mass is 145 g/mol. The topological polar surface area (TPSA) is 29.4 Å². The molecule has 0 spiro atoms. The van der Waals surface area contributed by atoms with Gasteiger partial charge in [-0.2, -0.15) is 4.91 Å². The zero-order valence-corrected chi connectivity index (χ0v) is 8.64. The van der Waals surface area contributed by atoms with Gasteiger partial charge in [0.15, 0.2) is 0 Å². The Balaban J connectivity index is 3.94. The van der Waals surface area contributed by atoms with Crippen LogP contribution in [0, 0.1) is 4.91 Å². The standard InChI is InChI=1S/C6H15NOSi/c1-4-5(7-8)6(2,3)9/h5H,4H2,1-3,9H3. The van der Waals surface area contributed by atoms with Gasteiger partial charge in [0.25, 0.3) is 0 Å². The van der Waals surface area contributed by atoms with E-state index in [-0.39, 0.29) is 11.1 Å². The molecule has 0 saturated carbocycles. The van der Waals surface area contributed by atoms with Crippen molar-refractivity contribution in [3.05, 3.63) is 4.91 Å². The van der Waals surface area contributed by atoms with E-state index < -0.39 is 0 Å². The van der Waals surface area contributed by atoms with E-state index >= 15 is 0 Å². The predicted molar refractivity (Wildman–Crippen MR) is 43.9 cm³/mol. The lowest BCUT2D eigenvalue weighted by atomic mass is 10.0. The number of nitroso groups, excluding NO2 is 1. The number of nitrogens with zero attached hydrogens (tertiary/aromatic N) is 1. The summed E-state index contributed by atoms with van der Waals surface area (Å²) < 4.78 is 0. The Hall–Kier alpha value is -0.183. The molecular formula is C6H15NOSi. The lowest BCUT2D eigenvalue weighted by molar-refractivity contribution is 0.501. The van der Waals surface area contributed by atoms with E-state index in [1.807, 2.05) is 6.92 Å². The highest BCUT2D eigenvalue weighted by Crippen LogP contribution is 2.28. The highest BCUT2D eigenvalue weighted by atomic mass is 28.1. The second kappa shape index (κ2) is 3.10. The summed E-state index contributed by atoms with van der Waals surface area (Å²) in [6.45, 7) is 6.19. The molecule has 0 aliphatic carbocycles. The first-order chi connectivity index (χ1) is 4.02. The Bertz CT molecular complexity index is 97.7. The molecule has 0 rings (SSSR count). The lowest BCUT2D eigenvalue weighted by Gasteiger charge is -2.22. The molecule has 0 aromatic rings. The molecule has 0 bridgehead atoms. The Kier molecular flexibility index (Phi) is 3.04. The van der Waals surface area contributed by atoms with Gasteiger partial charge in [-0.05, 0) is 11.5 Å². The first-order valence-electron chi connectivity index (χ1n) is 3.34. The molecule has 0 fully saturated rings. The molecule has 0 aliphatic rings. The quantitative estimate of drug-likeness (QED) is 0.432. The molecule has 2 nitrogen and oxygen atoms in total. The Morgan fingerprint density at radius 1 is 1.67 bits per heavy atom. The van der Waals surface area contributed by atoms with Crippen LogP contribution in [0.1, 0.15) is 27.2 Å². The molecule has 54 valence electrons. The van der Waals surface area contributed by atoms with Gasteiger partial charge in [-0.1, -0.05) is 25.9 Å². The molecular weight excluding hydrogens is 130 g/mol. The van der Waals surface area contributed by atoms with Crippen molar-refractivity contribution in [3.63, 3.8) is 0 Å². The number of rotatable bonds is 3. The van der Waals surface area contributed by atoms with Crippen LogP contribution < -0.4 is 0 Å².